The van der Waals surface area contributed by atoms with Crippen molar-refractivity contribution in [3.05, 3.63) is 68.7 Å². The number of amides is 1. The fraction of sp³-hybridized carbons (Fsp3) is 0.286. The maximum Gasteiger partial charge on any atom is 0.261 e. The van der Waals surface area contributed by atoms with E-state index >= 15 is 0 Å². The van der Waals surface area contributed by atoms with Gasteiger partial charge in [0.2, 0.25) is 5.91 Å². The SMILES string of the molecule is CC(C)N1C(=O)[C@H](Cc2nc3ccccc3c(=O)n2C)c2cc(Br)ccc21. The zero-order valence-corrected chi connectivity index (χ0v) is 17.0. The highest BCUT2D eigenvalue weighted by Crippen LogP contribution is 2.41. The molecule has 3 aromatic rings. The van der Waals surface area contributed by atoms with Crippen molar-refractivity contribution in [2.24, 2.45) is 7.05 Å². The van der Waals surface area contributed by atoms with E-state index in [9.17, 15) is 9.59 Å². The van der Waals surface area contributed by atoms with E-state index in [0.717, 1.165) is 15.7 Å². The minimum absolute atomic E-state index is 0.0560. The van der Waals surface area contributed by atoms with E-state index in [1.165, 1.54) is 0 Å². The smallest absolute Gasteiger partial charge is 0.261 e. The fourth-order valence-corrected chi connectivity index (χ4v) is 4.18. The maximum atomic E-state index is 13.2. The number of carbonyl (C=O) groups is 1. The van der Waals surface area contributed by atoms with Gasteiger partial charge >= 0.3 is 0 Å². The van der Waals surface area contributed by atoms with E-state index in [-0.39, 0.29) is 23.4 Å². The Labute approximate surface area is 165 Å². The Hall–Kier alpha value is -2.47. The van der Waals surface area contributed by atoms with Crippen LogP contribution in [0.15, 0.2) is 51.7 Å². The molecule has 0 fully saturated rings. The number of carbonyl (C=O) groups excluding carboxylic acids is 1. The first-order chi connectivity index (χ1) is 12.9. The number of hydrogen-bond donors (Lipinski definition) is 0. The van der Waals surface area contributed by atoms with Crippen LogP contribution in [0, 0.1) is 0 Å². The first kappa shape index (κ1) is 17.9. The van der Waals surface area contributed by atoms with Crippen molar-refractivity contribution in [3.8, 4) is 0 Å². The first-order valence-electron chi connectivity index (χ1n) is 8.95. The van der Waals surface area contributed by atoms with Crippen LogP contribution in [-0.4, -0.2) is 21.5 Å². The van der Waals surface area contributed by atoms with Gasteiger partial charge in [0.1, 0.15) is 5.82 Å². The van der Waals surface area contributed by atoms with Gasteiger partial charge in [-0.2, -0.15) is 0 Å². The van der Waals surface area contributed by atoms with Crippen molar-refractivity contribution in [1.29, 1.82) is 0 Å². The molecule has 1 aromatic heterocycles. The number of halogens is 1. The van der Waals surface area contributed by atoms with Crippen LogP contribution in [0.4, 0.5) is 5.69 Å². The third-order valence-corrected chi connectivity index (χ3v) is 5.63. The number of benzene rings is 2. The Balaban J connectivity index is 1.83. The molecule has 0 aliphatic carbocycles. The predicted octanol–water partition coefficient (Wildman–Crippen LogP) is 3.78. The maximum absolute atomic E-state index is 13.2. The molecule has 1 atom stereocenters. The number of rotatable bonds is 3. The van der Waals surface area contributed by atoms with Gasteiger partial charge in [0, 0.05) is 29.7 Å². The average Bonchev–Trinajstić information content (AvgIpc) is 2.91. The lowest BCUT2D eigenvalue weighted by Crippen LogP contribution is -2.36. The van der Waals surface area contributed by atoms with E-state index in [1.54, 1.807) is 17.7 Å². The van der Waals surface area contributed by atoms with Crippen LogP contribution in [0.25, 0.3) is 10.9 Å². The highest BCUT2D eigenvalue weighted by atomic mass is 79.9. The molecule has 1 amide bonds. The number of anilines is 1. The Kier molecular flexibility index (Phi) is 4.38. The van der Waals surface area contributed by atoms with Gasteiger partial charge < -0.3 is 4.90 Å². The minimum atomic E-state index is -0.348. The fourth-order valence-electron chi connectivity index (χ4n) is 3.80. The van der Waals surface area contributed by atoms with Crippen molar-refractivity contribution in [2.45, 2.75) is 32.2 Å². The molecule has 1 aliphatic heterocycles. The molecule has 2 heterocycles. The Morgan fingerprint density at radius 1 is 1.15 bits per heavy atom. The number of para-hydroxylation sites is 1. The molecule has 138 valence electrons. The second-order valence-electron chi connectivity index (χ2n) is 7.17. The summed E-state index contributed by atoms with van der Waals surface area (Å²) in [5, 5.41) is 0.591. The molecule has 1 aliphatic rings. The molecule has 0 saturated heterocycles. The molecule has 0 unspecified atom stereocenters. The van der Waals surface area contributed by atoms with Crippen molar-refractivity contribution >= 4 is 38.4 Å². The lowest BCUT2D eigenvalue weighted by atomic mass is 9.96. The molecule has 5 nitrogen and oxygen atoms in total. The number of fused-ring (bicyclic) bond motifs is 2. The zero-order chi connectivity index (χ0) is 19.3. The van der Waals surface area contributed by atoms with Crippen LogP contribution < -0.4 is 10.5 Å². The van der Waals surface area contributed by atoms with E-state index in [0.29, 0.717) is 23.1 Å². The molecule has 27 heavy (non-hydrogen) atoms. The van der Waals surface area contributed by atoms with Gasteiger partial charge in [-0.3, -0.25) is 14.2 Å². The summed E-state index contributed by atoms with van der Waals surface area (Å²) in [5.41, 5.74) is 2.49. The Morgan fingerprint density at radius 2 is 1.89 bits per heavy atom. The highest BCUT2D eigenvalue weighted by Gasteiger charge is 2.39. The molecule has 4 rings (SSSR count). The van der Waals surface area contributed by atoms with Gasteiger partial charge in [0.05, 0.1) is 16.8 Å². The van der Waals surface area contributed by atoms with Gasteiger partial charge in [0.25, 0.3) is 5.56 Å². The number of hydrogen-bond acceptors (Lipinski definition) is 3. The van der Waals surface area contributed by atoms with Crippen LogP contribution in [0.5, 0.6) is 0 Å². The van der Waals surface area contributed by atoms with Crippen molar-refractivity contribution in [3.63, 3.8) is 0 Å². The van der Waals surface area contributed by atoms with E-state index < -0.39 is 0 Å². The molecule has 2 aromatic carbocycles. The van der Waals surface area contributed by atoms with Crippen molar-refractivity contribution in [1.82, 2.24) is 9.55 Å². The molecule has 6 heteroatoms. The topological polar surface area (TPSA) is 55.2 Å². The molecular weight excluding hydrogens is 406 g/mol. The minimum Gasteiger partial charge on any atom is -0.309 e. The Morgan fingerprint density at radius 3 is 2.63 bits per heavy atom. The second-order valence-corrected chi connectivity index (χ2v) is 8.09. The normalized spacial score (nSPS) is 16.4. The molecule has 0 N–H and O–H groups in total. The third-order valence-electron chi connectivity index (χ3n) is 5.14. The summed E-state index contributed by atoms with van der Waals surface area (Å²) >= 11 is 3.51. The average molecular weight is 426 g/mol. The van der Waals surface area contributed by atoms with Crippen LogP contribution in [0.3, 0.4) is 0 Å². The highest BCUT2D eigenvalue weighted by molar-refractivity contribution is 9.10. The van der Waals surface area contributed by atoms with E-state index in [4.69, 9.17) is 0 Å². The summed E-state index contributed by atoms with van der Waals surface area (Å²) in [6, 6.07) is 13.3. The lowest BCUT2D eigenvalue weighted by Gasteiger charge is -2.22. The number of aromatic nitrogens is 2. The lowest BCUT2D eigenvalue weighted by molar-refractivity contribution is -0.119. The Bertz CT molecular complexity index is 1120. The largest absolute Gasteiger partial charge is 0.309 e. The predicted molar refractivity (Wildman–Crippen MR) is 110 cm³/mol. The first-order valence-corrected chi connectivity index (χ1v) is 9.75. The summed E-state index contributed by atoms with van der Waals surface area (Å²) in [4.78, 5) is 32.4. The third kappa shape index (κ3) is 2.88. The summed E-state index contributed by atoms with van der Waals surface area (Å²) in [5.74, 6) is 0.327. The summed E-state index contributed by atoms with van der Waals surface area (Å²) < 4.78 is 2.50. The van der Waals surface area contributed by atoms with Crippen LogP contribution in [0.2, 0.25) is 0 Å². The van der Waals surface area contributed by atoms with E-state index in [2.05, 4.69) is 20.9 Å². The molecule has 0 spiro atoms. The summed E-state index contributed by atoms with van der Waals surface area (Å²) in [6.07, 6.45) is 0.391. The monoisotopic (exact) mass is 425 g/mol. The summed E-state index contributed by atoms with van der Waals surface area (Å²) in [7, 11) is 1.72. The zero-order valence-electron chi connectivity index (χ0n) is 15.4. The quantitative estimate of drug-likeness (QED) is 0.641. The molecule has 0 radical (unpaired) electrons. The van der Waals surface area contributed by atoms with Gasteiger partial charge in [-0.05, 0) is 49.7 Å². The van der Waals surface area contributed by atoms with Gasteiger partial charge in [-0.25, -0.2) is 4.98 Å². The summed E-state index contributed by atoms with van der Waals surface area (Å²) in [6.45, 7) is 4.02. The van der Waals surface area contributed by atoms with Crippen LogP contribution in [-0.2, 0) is 18.3 Å². The number of nitrogens with zero attached hydrogens (tertiary/aromatic N) is 3. The molecule has 0 saturated carbocycles. The molecule has 0 bridgehead atoms. The van der Waals surface area contributed by atoms with Crippen LogP contribution in [0.1, 0.15) is 31.2 Å². The molecular formula is C21H20BrN3O2. The van der Waals surface area contributed by atoms with Crippen LogP contribution >= 0.6 is 15.9 Å². The van der Waals surface area contributed by atoms with Gasteiger partial charge in [-0.15, -0.1) is 0 Å². The van der Waals surface area contributed by atoms with Crippen molar-refractivity contribution in [2.75, 3.05) is 4.90 Å². The van der Waals surface area contributed by atoms with Gasteiger partial charge in [-0.1, -0.05) is 28.1 Å². The standard InChI is InChI=1S/C21H20BrN3O2/c1-12(2)25-18-9-8-13(22)10-15(18)16(21(25)27)11-19-23-17-7-5-4-6-14(17)20(26)24(19)3/h4-10,12,16H,11H2,1-3H3/t16-/m1/s1. The van der Waals surface area contributed by atoms with Crippen molar-refractivity contribution < 1.29 is 4.79 Å². The second kappa shape index (κ2) is 6.60. The van der Waals surface area contributed by atoms with Gasteiger partial charge in [0.15, 0.2) is 0 Å². The van der Waals surface area contributed by atoms with E-state index in [1.807, 2.05) is 55.1 Å².